The van der Waals surface area contributed by atoms with Gasteiger partial charge in [0.1, 0.15) is 5.75 Å². The van der Waals surface area contributed by atoms with E-state index in [1.165, 1.54) is 6.08 Å². The highest BCUT2D eigenvalue weighted by atomic mass is 16.3. The lowest BCUT2D eigenvalue weighted by Crippen LogP contribution is -1.93. The van der Waals surface area contributed by atoms with Crippen LogP contribution in [0.3, 0.4) is 0 Å². The Balaban J connectivity index is 2.16. The van der Waals surface area contributed by atoms with Crippen LogP contribution in [0.1, 0.15) is 21.5 Å². The molecule has 0 spiro atoms. The van der Waals surface area contributed by atoms with Gasteiger partial charge in [-0.05, 0) is 48.4 Å². The van der Waals surface area contributed by atoms with Gasteiger partial charge in [0.2, 0.25) is 0 Å². The van der Waals surface area contributed by atoms with Crippen LogP contribution < -0.4 is 0 Å². The van der Waals surface area contributed by atoms with Crippen molar-refractivity contribution in [2.24, 2.45) is 0 Å². The summed E-state index contributed by atoms with van der Waals surface area (Å²) in [5, 5.41) is 9.40. The summed E-state index contributed by atoms with van der Waals surface area (Å²) >= 11 is 0. The highest BCUT2D eigenvalue weighted by molar-refractivity contribution is 6.06. The van der Waals surface area contributed by atoms with Gasteiger partial charge in [0.25, 0.3) is 0 Å². The number of aromatic nitrogens is 1. The fourth-order valence-electron chi connectivity index (χ4n) is 1.57. The molecule has 1 aromatic heterocycles. The van der Waals surface area contributed by atoms with Crippen molar-refractivity contribution in [3.05, 3.63) is 65.5 Å². The lowest BCUT2D eigenvalue weighted by Gasteiger charge is -1.99. The molecule has 0 unspecified atom stereocenters. The summed E-state index contributed by atoms with van der Waals surface area (Å²) in [7, 11) is 0. The van der Waals surface area contributed by atoms with E-state index in [0.29, 0.717) is 5.56 Å². The summed E-state index contributed by atoms with van der Waals surface area (Å²) in [6.07, 6.45) is 6.42. The summed E-state index contributed by atoms with van der Waals surface area (Å²) in [4.78, 5) is 15.7. The molecule has 18 heavy (non-hydrogen) atoms. The Morgan fingerprint density at radius 2 is 1.94 bits per heavy atom. The molecule has 0 saturated heterocycles. The first kappa shape index (κ1) is 12.0. The maximum atomic E-state index is 11.8. The Kier molecular flexibility index (Phi) is 3.53. The van der Waals surface area contributed by atoms with Crippen LogP contribution in [-0.4, -0.2) is 15.9 Å². The van der Waals surface area contributed by atoms with Gasteiger partial charge in [-0.15, -0.1) is 0 Å². The minimum absolute atomic E-state index is 0.0665. The minimum atomic E-state index is -0.0665. The summed E-state index contributed by atoms with van der Waals surface area (Å²) in [6.45, 7) is 1.82. The maximum absolute atomic E-state index is 11.8. The molecule has 0 radical (unpaired) electrons. The van der Waals surface area contributed by atoms with E-state index in [9.17, 15) is 9.90 Å². The van der Waals surface area contributed by atoms with Gasteiger partial charge in [-0.3, -0.25) is 9.78 Å². The number of aromatic hydroxyl groups is 1. The molecule has 1 aromatic carbocycles. The van der Waals surface area contributed by atoms with Crippen LogP contribution in [0.4, 0.5) is 0 Å². The van der Waals surface area contributed by atoms with Crippen LogP contribution in [0, 0.1) is 6.92 Å². The van der Waals surface area contributed by atoms with Crippen molar-refractivity contribution in [3.63, 3.8) is 0 Å². The topological polar surface area (TPSA) is 50.2 Å². The van der Waals surface area contributed by atoms with Crippen molar-refractivity contribution in [1.29, 1.82) is 0 Å². The monoisotopic (exact) mass is 239 g/mol. The van der Waals surface area contributed by atoms with E-state index in [4.69, 9.17) is 0 Å². The largest absolute Gasteiger partial charge is 0.508 e. The van der Waals surface area contributed by atoms with E-state index in [2.05, 4.69) is 4.98 Å². The predicted octanol–water partition coefficient (Wildman–Crippen LogP) is 2.99. The summed E-state index contributed by atoms with van der Waals surface area (Å²) < 4.78 is 0. The van der Waals surface area contributed by atoms with Crippen LogP contribution in [0.2, 0.25) is 0 Å². The molecule has 0 aliphatic carbocycles. The second kappa shape index (κ2) is 5.27. The number of carbonyl (C=O) groups excluding carboxylic acids is 1. The quantitative estimate of drug-likeness (QED) is 0.661. The van der Waals surface area contributed by atoms with E-state index in [0.717, 1.165) is 11.1 Å². The van der Waals surface area contributed by atoms with Gasteiger partial charge in [-0.1, -0.05) is 12.1 Å². The molecule has 0 atom stereocenters. The first-order chi connectivity index (χ1) is 8.66. The number of ketones is 1. The van der Waals surface area contributed by atoms with Gasteiger partial charge < -0.3 is 5.11 Å². The van der Waals surface area contributed by atoms with Crippen LogP contribution in [-0.2, 0) is 0 Å². The number of allylic oxidation sites excluding steroid dienone is 1. The zero-order chi connectivity index (χ0) is 13.0. The number of aryl methyl sites for hydroxylation is 1. The molecule has 0 bridgehead atoms. The van der Waals surface area contributed by atoms with Gasteiger partial charge in [-0.2, -0.15) is 0 Å². The minimum Gasteiger partial charge on any atom is -0.508 e. The van der Waals surface area contributed by atoms with Crippen LogP contribution >= 0.6 is 0 Å². The summed E-state index contributed by atoms with van der Waals surface area (Å²) in [5.74, 6) is 0.190. The smallest absolute Gasteiger partial charge is 0.185 e. The van der Waals surface area contributed by atoms with E-state index in [1.54, 1.807) is 42.7 Å². The number of pyridine rings is 1. The Bertz CT molecular complexity index is 589. The average Bonchev–Trinajstić information content (AvgIpc) is 2.41. The van der Waals surface area contributed by atoms with Gasteiger partial charge in [-0.25, -0.2) is 0 Å². The average molecular weight is 239 g/mol. The second-order valence-electron chi connectivity index (χ2n) is 3.98. The van der Waals surface area contributed by atoms with Gasteiger partial charge in [0.15, 0.2) is 5.78 Å². The van der Waals surface area contributed by atoms with Gasteiger partial charge >= 0.3 is 0 Å². The van der Waals surface area contributed by atoms with E-state index >= 15 is 0 Å². The number of carbonyl (C=O) groups is 1. The zero-order valence-corrected chi connectivity index (χ0v) is 10.00. The van der Waals surface area contributed by atoms with Crippen molar-refractivity contribution >= 4 is 11.9 Å². The van der Waals surface area contributed by atoms with E-state index in [-0.39, 0.29) is 11.5 Å². The number of nitrogens with zero attached hydrogens (tertiary/aromatic N) is 1. The number of phenols is 1. The first-order valence-corrected chi connectivity index (χ1v) is 5.59. The predicted molar refractivity (Wildman–Crippen MR) is 70.4 cm³/mol. The Morgan fingerprint density at radius 3 is 2.61 bits per heavy atom. The molecule has 0 fully saturated rings. The van der Waals surface area contributed by atoms with Gasteiger partial charge in [0, 0.05) is 18.0 Å². The molecule has 3 heteroatoms. The number of benzene rings is 1. The van der Waals surface area contributed by atoms with Crippen molar-refractivity contribution in [2.45, 2.75) is 6.92 Å². The number of hydrogen-bond acceptors (Lipinski definition) is 3. The van der Waals surface area contributed by atoms with Crippen molar-refractivity contribution < 1.29 is 9.90 Å². The number of phenolic OH excluding ortho intramolecular Hbond substituents is 1. The van der Waals surface area contributed by atoms with Crippen LogP contribution in [0.5, 0.6) is 5.75 Å². The number of hydrogen-bond donors (Lipinski definition) is 1. The van der Waals surface area contributed by atoms with Crippen molar-refractivity contribution in [3.8, 4) is 5.75 Å². The molecule has 1 heterocycles. The molecule has 2 aromatic rings. The third-order valence-electron chi connectivity index (χ3n) is 2.61. The molecule has 0 amide bonds. The molecule has 0 aliphatic rings. The highest BCUT2D eigenvalue weighted by Crippen LogP contribution is 2.17. The molecule has 90 valence electrons. The molecule has 0 saturated carbocycles. The second-order valence-corrected chi connectivity index (χ2v) is 3.98. The highest BCUT2D eigenvalue weighted by Gasteiger charge is 2.00. The molecular formula is C15H13NO2. The fraction of sp³-hybridized carbons (Fsp3) is 0.0667. The van der Waals surface area contributed by atoms with Crippen LogP contribution in [0.25, 0.3) is 6.08 Å². The summed E-state index contributed by atoms with van der Waals surface area (Å²) in [6, 6.07) is 8.56. The van der Waals surface area contributed by atoms with Crippen molar-refractivity contribution in [2.75, 3.05) is 0 Å². The molecule has 2 rings (SSSR count). The Labute approximate surface area is 105 Å². The van der Waals surface area contributed by atoms with Crippen molar-refractivity contribution in [1.82, 2.24) is 4.98 Å². The maximum Gasteiger partial charge on any atom is 0.185 e. The van der Waals surface area contributed by atoms with E-state index < -0.39 is 0 Å². The molecule has 3 nitrogen and oxygen atoms in total. The van der Waals surface area contributed by atoms with E-state index in [1.807, 2.05) is 13.0 Å². The number of rotatable bonds is 3. The first-order valence-electron chi connectivity index (χ1n) is 5.59. The zero-order valence-electron chi connectivity index (χ0n) is 10.00. The van der Waals surface area contributed by atoms with Crippen LogP contribution in [0.15, 0.2) is 48.8 Å². The molecule has 1 N–H and O–H groups in total. The lowest BCUT2D eigenvalue weighted by atomic mass is 10.1. The fourth-order valence-corrected chi connectivity index (χ4v) is 1.57. The summed E-state index contributed by atoms with van der Waals surface area (Å²) in [5.41, 5.74) is 2.28. The Morgan fingerprint density at radius 1 is 1.22 bits per heavy atom. The SMILES string of the molecule is Cc1cc(/C=C/C(=O)c2ccncc2)ccc1O. The lowest BCUT2D eigenvalue weighted by molar-refractivity contribution is 0.104. The van der Waals surface area contributed by atoms with Gasteiger partial charge in [0.05, 0.1) is 0 Å². The normalized spacial score (nSPS) is 10.7. The molecular weight excluding hydrogens is 226 g/mol. The standard InChI is InChI=1S/C15H13NO2/c1-11-10-12(2-4-14(11)17)3-5-15(18)13-6-8-16-9-7-13/h2-10,17H,1H3/b5-3+. The third kappa shape index (κ3) is 2.83. The third-order valence-corrected chi connectivity index (χ3v) is 2.61. The molecule has 0 aliphatic heterocycles. The Hall–Kier alpha value is -2.42.